The number of nitrogens with zero attached hydrogens (tertiary/aromatic N) is 2. The number of nitrogens with one attached hydrogen (secondary N) is 1. The molecule has 0 amide bonds. The van der Waals surface area contributed by atoms with Crippen molar-refractivity contribution in [2.75, 3.05) is 18.2 Å². The van der Waals surface area contributed by atoms with Gasteiger partial charge in [0.05, 0.1) is 12.0 Å². The van der Waals surface area contributed by atoms with Crippen LogP contribution in [0.15, 0.2) is 53.4 Å². The number of thiophene rings is 1. The molecular weight excluding hydrogens is 398 g/mol. The summed E-state index contributed by atoms with van der Waals surface area (Å²) in [6.45, 7) is 6.74. The fraction of sp³-hybridized carbons (Fsp3) is 0.217. The van der Waals surface area contributed by atoms with Crippen LogP contribution in [0.25, 0.3) is 21.3 Å². The summed E-state index contributed by atoms with van der Waals surface area (Å²) in [5.74, 6) is 2.49. The number of anilines is 2. The molecule has 4 aromatic rings. The molecule has 0 spiro atoms. The third kappa shape index (κ3) is 4.09. The predicted octanol–water partition coefficient (Wildman–Crippen LogP) is 6.84. The molecule has 148 valence electrons. The largest absolute Gasteiger partial charge is 0.494 e. The standard InChI is InChI=1S/C23H23N3OS2/c1-5-27-18-11-9-16(10-12-18)20-14(2)29-23-21(20)22(24-15(3)25-23)26-17-7-6-8-19(13-17)28-4/h6-13H,5H2,1-4H3,(H,24,25,26). The van der Waals surface area contributed by atoms with Crippen molar-refractivity contribution in [3.8, 4) is 16.9 Å². The monoisotopic (exact) mass is 421 g/mol. The number of aromatic nitrogens is 2. The van der Waals surface area contributed by atoms with E-state index < -0.39 is 0 Å². The van der Waals surface area contributed by atoms with Gasteiger partial charge in [-0.3, -0.25) is 0 Å². The Morgan fingerprint density at radius 1 is 1.07 bits per heavy atom. The van der Waals surface area contributed by atoms with Crippen LogP contribution in [0.2, 0.25) is 0 Å². The average molecular weight is 422 g/mol. The topological polar surface area (TPSA) is 47.0 Å². The van der Waals surface area contributed by atoms with Gasteiger partial charge in [-0.15, -0.1) is 23.1 Å². The molecule has 0 bridgehead atoms. The van der Waals surface area contributed by atoms with E-state index in [9.17, 15) is 0 Å². The van der Waals surface area contributed by atoms with Gasteiger partial charge >= 0.3 is 0 Å². The Bertz CT molecular complexity index is 1150. The first kappa shape index (κ1) is 19.7. The van der Waals surface area contributed by atoms with Gasteiger partial charge in [0.1, 0.15) is 22.2 Å². The van der Waals surface area contributed by atoms with Gasteiger partial charge in [0.25, 0.3) is 0 Å². The molecule has 0 radical (unpaired) electrons. The third-order valence-electron chi connectivity index (χ3n) is 4.63. The molecule has 4 rings (SSSR count). The minimum Gasteiger partial charge on any atom is -0.494 e. The van der Waals surface area contributed by atoms with E-state index in [2.05, 4.69) is 54.9 Å². The van der Waals surface area contributed by atoms with Crippen molar-refractivity contribution in [3.63, 3.8) is 0 Å². The molecule has 0 aliphatic carbocycles. The lowest BCUT2D eigenvalue weighted by molar-refractivity contribution is 0.340. The molecule has 0 saturated carbocycles. The van der Waals surface area contributed by atoms with Crippen molar-refractivity contribution < 1.29 is 4.74 Å². The van der Waals surface area contributed by atoms with Crippen LogP contribution in [-0.2, 0) is 0 Å². The van der Waals surface area contributed by atoms with Gasteiger partial charge in [-0.05, 0) is 62.9 Å². The number of thioether (sulfide) groups is 1. The highest BCUT2D eigenvalue weighted by Gasteiger charge is 2.18. The lowest BCUT2D eigenvalue weighted by Crippen LogP contribution is -1.98. The Hall–Kier alpha value is -2.57. The molecule has 0 saturated heterocycles. The van der Waals surface area contributed by atoms with Gasteiger partial charge in [-0.1, -0.05) is 18.2 Å². The fourth-order valence-corrected chi connectivity index (χ4v) is 4.93. The molecule has 29 heavy (non-hydrogen) atoms. The highest BCUT2D eigenvalue weighted by atomic mass is 32.2. The second-order valence-corrected chi connectivity index (χ2v) is 8.73. The minimum absolute atomic E-state index is 0.663. The molecule has 0 atom stereocenters. The van der Waals surface area contributed by atoms with E-state index in [4.69, 9.17) is 14.7 Å². The number of hydrogen-bond donors (Lipinski definition) is 1. The van der Waals surface area contributed by atoms with Gasteiger partial charge in [0.2, 0.25) is 0 Å². The summed E-state index contributed by atoms with van der Waals surface area (Å²) in [6, 6.07) is 16.6. The highest BCUT2D eigenvalue weighted by Crippen LogP contribution is 2.41. The molecule has 1 N–H and O–H groups in total. The Morgan fingerprint density at radius 3 is 2.59 bits per heavy atom. The molecule has 0 aliphatic heterocycles. The first-order valence-electron chi connectivity index (χ1n) is 9.51. The summed E-state index contributed by atoms with van der Waals surface area (Å²) in [6.07, 6.45) is 2.08. The lowest BCUT2D eigenvalue weighted by Gasteiger charge is -2.11. The number of aryl methyl sites for hydroxylation is 2. The van der Waals surface area contributed by atoms with Gasteiger partial charge in [0.15, 0.2) is 0 Å². The van der Waals surface area contributed by atoms with Crippen LogP contribution in [0, 0.1) is 13.8 Å². The summed E-state index contributed by atoms with van der Waals surface area (Å²) in [5, 5.41) is 4.60. The van der Waals surface area contributed by atoms with Crippen molar-refractivity contribution in [1.82, 2.24) is 9.97 Å². The highest BCUT2D eigenvalue weighted by molar-refractivity contribution is 7.98. The molecular formula is C23H23N3OS2. The zero-order valence-electron chi connectivity index (χ0n) is 16.9. The maximum atomic E-state index is 5.60. The Kier molecular flexibility index (Phi) is 5.74. The normalized spacial score (nSPS) is 11.0. The van der Waals surface area contributed by atoms with Crippen LogP contribution >= 0.6 is 23.1 Å². The van der Waals surface area contributed by atoms with Crippen LogP contribution in [0.1, 0.15) is 17.6 Å². The predicted molar refractivity (Wildman–Crippen MR) is 125 cm³/mol. The van der Waals surface area contributed by atoms with Gasteiger partial charge < -0.3 is 10.1 Å². The van der Waals surface area contributed by atoms with E-state index >= 15 is 0 Å². The Labute approximate surface area is 179 Å². The van der Waals surface area contributed by atoms with E-state index in [1.165, 1.54) is 15.3 Å². The Morgan fingerprint density at radius 2 is 1.86 bits per heavy atom. The van der Waals surface area contributed by atoms with E-state index in [0.29, 0.717) is 6.61 Å². The SMILES string of the molecule is CCOc1ccc(-c2c(C)sc3nc(C)nc(Nc4cccc(SC)c4)c23)cc1. The van der Waals surface area contributed by atoms with Crippen LogP contribution in [-0.4, -0.2) is 22.8 Å². The number of rotatable bonds is 6. The summed E-state index contributed by atoms with van der Waals surface area (Å²) in [4.78, 5) is 12.9. The number of ether oxygens (including phenoxy) is 1. The van der Waals surface area contributed by atoms with E-state index in [1.54, 1.807) is 23.1 Å². The average Bonchev–Trinajstić information content (AvgIpc) is 3.04. The molecule has 2 aromatic heterocycles. The number of fused-ring (bicyclic) bond motifs is 1. The first-order valence-corrected chi connectivity index (χ1v) is 11.5. The van der Waals surface area contributed by atoms with Crippen LogP contribution in [0.3, 0.4) is 0 Å². The second kappa shape index (κ2) is 8.43. The van der Waals surface area contributed by atoms with E-state index in [1.807, 2.05) is 26.0 Å². The van der Waals surface area contributed by atoms with Crippen molar-refractivity contribution >= 4 is 44.8 Å². The molecule has 2 aromatic carbocycles. The van der Waals surface area contributed by atoms with Crippen LogP contribution in [0.4, 0.5) is 11.5 Å². The maximum Gasteiger partial charge on any atom is 0.143 e. The van der Waals surface area contributed by atoms with Crippen molar-refractivity contribution in [2.24, 2.45) is 0 Å². The van der Waals surface area contributed by atoms with Gasteiger partial charge in [0, 0.05) is 21.0 Å². The summed E-state index contributed by atoms with van der Waals surface area (Å²) in [5.41, 5.74) is 3.35. The number of benzene rings is 2. The first-order chi connectivity index (χ1) is 14.1. The van der Waals surface area contributed by atoms with Gasteiger partial charge in [-0.25, -0.2) is 9.97 Å². The smallest absolute Gasteiger partial charge is 0.143 e. The van der Waals surface area contributed by atoms with Gasteiger partial charge in [-0.2, -0.15) is 0 Å². The van der Waals surface area contributed by atoms with Crippen molar-refractivity contribution in [2.45, 2.75) is 25.7 Å². The van der Waals surface area contributed by atoms with Crippen molar-refractivity contribution in [1.29, 1.82) is 0 Å². The quantitative estimate of drug-likeness (QED) is 0.345. The molecule has 0 fully saturated rings. The number of hydrogen-bond acceptors (Lipinski definition) is 6. The molecule has 0 aliphatic rings. The molecule has 0 unspecified atom stereocenters. The minimum atomic E-state index is 0.663. The van der Waals surface area contributed by atoms with Crippen LogP contribution < -0.4 is 10.1 Å². The summed E-state index contributed by atoms with van der Waals surface area (Å²) >= 11 is 3.44. The Balaban J connectivity index is 1.84. The third-order valence-corrected chi connectivity index (χ3v) is 6.35. The zero-order chi connectivity index (χ0) is 20.4. The molecule has 6 heteroatoms. The lowest BCUT2D eigenvalue weighted by atomic mass is 10.0. The second-order valence-electron chi connectivity index (χ2n) is 6.65. The molecule has 4 nitrogen and oxygen atoms in total. The summed E-state index contributed by atoms with van der Waals surface area (Å²) in [7, 11) is 0. The van der Waals surface area contributed by atoms with E-state index in [-0.39, 0.29) is 0 Å². The molecule has 2 heterocycles. The fourth-order valence-electron chi connectivity index (χ4n) is 3.38. The summed E-state index contributed by atoms with van der Waals surface area (Å²) < 4.78 is 5.60. The maximum absolute atomic E-state index is 5.60. The van der Waals surface area contributed by atoms with Crippen LogP contribution in [0.5, 0.6) is 5.75 Å². The van der Waals surface area contributed by atoms with Crippen molar-refractivity contribution in [3.05, 3.63) is 59.2 Å². The van der Waals surface area contributed by atoms with E-state index in [0.717, 1.165) is 38.9 Å². The zero-order valence-corrected chi connectivity index (χ0v) is 18.6.